The smallest absolute Gasteiger partial charge is 0.328 e. The molecule has 0 spiro atoms. The van der Waals surface area contributed by atoms with Crippen molar-refractivity contribution in [3.8, 4) is 0 Å². The standard InChI is InChI=1S/C16H23NO3S/c1-4-5-6-11-17(12(2)3)16(20)14-9-7-13(21-14)8-10-15(18)19/h7-10,12H,4-6,11H2,1-3H3,(H,18,19). The van der Waals surface area contributed by atoms with E-state index < -0.39 is 5.97 Å². The Morgan fingerprint density at radius 2 is 2.05 bits per heavy atom. The van der Waals surface area contributed by atoms with Crippen molar-refractivity contribution in [2.45, 2.75) is 46.1 Å². The molecule has 0 aromatic carbocycles. The van der Waals surface area contributed by atoms with Crippen molar-refractivity contribution in [2.75, 3.05) is 6.54 Å². The summed E-state index contributed by atoms with van der Waals surface area (Å²) in [5.41, 5.74) is 0. The van der Waals surface area contributed by atoms with Crippen LogP contribution >= 0.6 is 11.3 Å². The Morgan fingerprint density at radius 1 is 1.33 bits per heavy atom. The molecule has 1 heterocycles. The second-order valence-electron chi connectivity index (χ2n) is 5.17. The van der Waals surface area contributed by atoms with E-state index in [2.05, 4.69) is 6.92 Å². The molecule has 0 aliphatic rings. The Balaban J connectivity index is 2.77. The van der Waals surface area contributed by atoms with Crippen molar-refractivity contribution < 1.29 is 14.7 Å². The molecular formula is C16H23NO3S. The summed E-state index contributed by atoms with van der Waals surface area (Å²) in [6, 6.07) is 3.71. The van der Waals surface area contributed by atoms with Crippen LogP contribution in [0.25, 0.3) is 6.08 Å². The van der Waals surface area contributed by atoms with Gasteiger partial charge in [0.25, 0.3) is 5.91 Å². The van der Waals surface area contributed by atoms with E-state index in [0.29, 0.717) is 4.88 Å². The molecule has 1 aromatic heterocycles. The number of amides is 1. The number of carboxylic acids is 1. The third kappa shape index (κ3) is 5.71. The molecule has 0 atom stereocenters. The highest BCUT2D eigenvalue weighted by molar-refractivity contribution is 7.14. The van der Waals surface area contributed by atoms with Crippen molar-refractivity contribution in [2.24, 2.45) is 0 Å². The van der Waals surface area contributed by atoms with E-state index in [0.717, 1.165) is 36.8 Å². The van der Waals surface area contributed by atoms with Crippen LogP contribution in [0, 0.1) is 0 Å². The number of hydrogen-bond acceptors (Lipinski definition) is 3. The first-order valence-corrected chi connectivity index (χ1v) is 8.09. The second kappa shape index (κ2) is 8.62. The SMILES string of the molecule is CCCCCN(C(=O)c1ccc(C=CC(=O)O)s1)C(C)C. The zero-order valence-electron chi connectivity index (χ0n) is 12.8. The number of nitrogens with zero attached hydrogens (tertiary/aromatic N) is 1. The number of carboxylic acid groups (broad SMARTS) is 1. The van der Waals surface area contributed by atoms with E-state index in [9.17, 15) is 9.59 Å². The lowest BCUT2D eigenvalue weighted by Crippen LogP contribution is -2.37. The Kier molecular flexibility index (Phi) is 7.15. The van der Waals surface area contributed by atoms with Crippen molar-refractivity contribution in [3.63, 3.8) is 0 Å². The monoisotopic (exact) mass is 309 g/mol. The Hall–Kier alpha value is -1.62. The van der Waals surface area contributed by atoms with E-state index in [1.807, 2.05) is 18.7 Å². The molecular weight excluding hydrogens is 286 g/mol. The molecule has 1 aromatic rings. The summed E-state index contributed by atoms with van der Waals surface area (Å²) >= 11 is 1.33. The van der Waals surface area contributed by atoms with Gasteiger partial charge < -0.3 is 10.0 Å². The zero-order chi connectivity index (χ0) is 15.8. The van der Waals surface area contributed by atoms with Gasteiger partial charge in [0.05, 0.1) is 4.88 Å². The number of aliphatic carboxylic acids is 1. The van der Waals surface area contributed by atoms with Gasteiger partial charge in [-0.3, -0.25) is 4.79 Å². The van der Waals surface area contributed by atoms with Gasteiger partial charge in [0.2, 0.25) is 0 Å². The minimum absolute atomic E-state index is 0.0288. The second-order valence-corrected chi connectivity index (χ2v) is 6.29. The largest absolute Gasteiger partial charge is 0.478 e. The maximum Gasteiger partial charge on any atom is 0.328 e. The van der Waals surface area contributed by atoms with Crippen LogP contribution in [0.15, 0.2) is 18.2 Å². The minimum Gasteiger partial charge on any atom is -0.478 e. The maximum atomic E-state index is 12.5. The summed E-state index contributed by atoms with van der Waals surface area (Å²) in [6.45, 7) is 6.94. The number of thiophene rings is 1. The molecule has 21 heavy (non-hydrogen) atoms. The summed E-state index contributed by atoms with van der Waals surface area (Å²) in [5.74, 6) is -0.958. The normalized spacial score (nSPS) is 11.2. The highest BCUT2D eigenvalue weighted by atomic mass is 32.1. The van der Waals surface area contributed by atoms with Gasteiger partial charge in [-0.1, -0.05) is 19.8 Å². The summed E-state index contributed by atoms with van der Waals surface area (Å²) < 4.78 is 0. The highest BCUT2D eigenvalue weighted by Crippen LogP contribution is 2.21. The van der Waals surface area contributed by atoms with Gasteiger partial charge in [0.15, 0.2) is 0 Å². The Labute approximate surface area is 130 Å². The van der Waals surface area contributed by atoms with Crippen LogP contribution in [0.2, 0.25) is 0 Å². The summed E-state index contributed by atoms with van der Waals surface area (Å²) in [5, 5.41) is 8.61. The van der Waals surface area contributed by atoms with Crippen LogP contribution in [-0.2, 0) is 4.79 Å². The molecule has 1 N–H and O–H groups in total. The van der Waals surface area contributed by atoms with E-state index in [1.54, 1.807) is 12.1 Å². The molecule has 0 radical (unpaired) electrons. The average molecular weight is 309 g/mol. The molecule has 0 saturated carbocycles. The lowest BCUT2D eigenvalue weighted by molar-refractivity contribution is -0.131. The molecule has 5 heteroatoms. The lowest BCUT2D eigenvalue weighted by atomic mass is 10.2. The molecule has 4 nitrogen and oxygen atoms in total. The predicted molar refractivity (Wildman–Crippen MR) is 86.7 cm³/mol. The molecule has 1 amide bonds. The Morgan fingerprint density at radius 3 is 2.62 bits per heavy atom. The van der Waals surface area contributed by atoms with Gasteiger partial charge in [-0.05, 0) is 38.5 Å². The maximum absolute atomic E-state index is 12.5. The Bertz CT molecular complexity index is 505. The number of carbonyl (C=O) groups excluding carboxylic acids is 1. The van der Waals surface area contributed by atoms with E-state index >= 15 is 0 Å². The predicted octanol–water partition coefficient (Wildman–Crippen LogP) is 3.89. The van der Waals surface area contributed by atoms with Crippen molar-refractivity contribution in [3.05, 3.63) is 28.0 Å². The molecule has 0 unspecified atom stereocenters. The van der Waals surface area contributed by atoms with E-state index in [-0.39, 0.29) is 11.9 Å². The molecule has 116 valence electrons. The van der Waals surface area contributed by atoms with Crippen LogP contribution in [0.3, 0.4) is 0 Å². The zero-order valence-corrected chi connectivity index (χ0v) is 13.7. The first-order chi connectivity index (χ1) is 9.95. The number of carbonyl (C=O) groups is 2. The van der Waals surface area contributed by atoms with Gasteiger partial charge in [0, 0.05) is 23.5 Å². The molecule has 1 rings (SSSR count). The van der Waals surface area contributed by atoms with Gasteiger partial charge in [-0.25, -0.2) is 4.79 Å². The van der Waals surface area contributed by atoms with Crippen LogP contribution in [0.5, 0.6) is 0 Å². The topological polar surface area (TPSA) is 57.6 Å². The molecule has 0 saturated heterocycles. The van der Waals surface area contributed by atoms with Gasteiger partial charge >= 0.3 is 5.97 Å². The molecule has 0 aliphatic carbocycles. The van der Waals surface area contributed by atoms with E-state index in [1.165, 1.54) is 17.4 Å². The molecule has 0 bridgehead atoms. The van der Waals surface area contributed by atoms with E-state index in [4.69, 9.17) is 5.11 Å². The minimum atomic E-state index is -0.986. The summed E-state index contributed by atoms with van der Waals surface area (Å²) in [6.07, 6.45) is 5.86. The molecule has 0 aliphatic heterocycles. The van der Waals surface area contributed by atoms with Crippen LogP contribution in [0.4, 0.5) is 0 Å². The summed E-state index contributed by atoms with van der Waals surface area (Å²) in [4.78, 5) is 26.3. The number of hydrogen-bond donors (Lipinski definition) is 1. The van der Waals surface area contributed by atoms with Crippen molar-refractivity contribution in [1.82, 2.24) is 4.90 Å². The fraction of sp³-hybridized carbons (Fsp3) is 0.500. The number of unbranched alkanes of at least 4 members (excludes halogenated alkanes) is 2. The first-order valence-electron chi connectivity index (χ1n) is 7.27. The van der Waals surface area contributed by atoms with Gasteiger partial charge in [0.1, 0.15) is 0 Å². The number of rotatable bonds is 8. The summed E-state index contributed by atoms with van der Waals surface area (Å²) in [7, 11) is 0. The average Bonchev–Trinajstić information content (AvgIpc) is 2.89. The van der Waals surface area contributed by atoms with Gasteiger partial charge in [-0.2, -0.15) is 0 Å². The lowest BCUT2D eigenvalue weighted by Gasteiger charge is -2.26. The van der Waals surface area contributed by atoms with Crippen molar-refractivity contribution in [1.29, 1.82) is 0 Å². The fourth-order valence-corrected chi connectivity index (χ4v) is 2.85. The third-order valence-corrected chi connectivity index (χ3v) is 4.15. The highest BCUT2D eigenvalue weighted by Gasteiger charge is 2.19. The molecule has 0 fully saturated rings. The van der Waals surface area contributed by atoms with Crippen molar-refractivity contribution >= 4 is 29.3 Å². The first kappa shape index (κ1) is 17.4. The van der Waals surface area contributed by atoms with Crippen LogP contribution in [-0.4, -0.2) is 34.5 Å². The van der Waals surface area contributed by atoms with Gasteiger partial charge in [-0.15, -0.1) is 11.3 Å². The van der Waals surface area contributed by atoms with Crippen LogP contribution in [0.1, 0.15) is 54.6 Å². The quantitative estimate of drug-likeness (QED) is 0.585. The third-order valence-electron chi connectivity index (χ3n) is 3.11. The van der Waals surface area contributed by atoms with Crippen LogP contribution < -0.4 is 0 Å². The fourth-order valence-electron chi connectivity index (χ4n) is 1.98.